The van der Waals surface area contributed by atoms with Crippen molar-refractivity contribution in [3.8, 4) is 0 Å². The van der Waals surface area contributed by atoms with Crippen molar-refractivity contribution < 1.29 is 9.90 Å². The van der Waals surface area contributed by atoms with Gasteiger partial charge in [-0.3, -0.25) is 0 Å². The molecule has 2 rings (SSSR count). The number of anilines is 1. The minimum Gasteiger partial charge on any atom is -0.478 e. The number of nitrogens with zero attached hydrogens (tertiary/aromatic N) is 3. The first-order valence-corrected chi connectivity index (χ1v) is 7.24. The number of pyridine rings is 1. The van der Waals surface area contributed by atoms with Crippen molar-refractivity contribution in [2.24, 2.45) is 0 Å². The average molecular weight is 298 g/mol. The zero-order valence-corrected chi connectivity index (χ0v) is 12.6. The van der Waals surface area contributed by atoms with Crippen LogP contribution in [0.1, 0.15) is 30.1 Å². The molecule has 0 aromatic carbocycles. The van der Waals surface area contributed by atoms with Gasteiger partial charge in [0.2, 0.25) is 0 Å². The highest BCUT2D eigenvalue weighted by Crippen LogP contribution is 2.28. The van der Waals surface area contributed by atoms with E-state index < -0.39 is 5.97 Å². The van der Waals surface area contributed by atoms with E-state index in [1.165, 1.54) is 12.3 Å². The molecule has 0 bridgehead atoms. The molecular formula is C14H20ClN3O2. The van der Waals surface area contributed by atoms with Crippen molar-refractivity contribution in [1.82, 2.24) is 9.88 Å². The maximum atomic E-state index is 10.9. The van der Waals surface area contributed by atoms with Crippen molar-refractivity contribution in [3.05, 3.63) is 22.8 Å². The first-order chi connectivity index (χ1) is 9.52. The fourth-order valence-electron chi connectivity index (χ4n) is 2.63. The summed E-state index contributed by atoms with van der Waals surface area (Å²) in [5, 5.41) is 9.38. The van der Waals surface area contributed by atoms with Gasteiger partial charge in [-0.2, -0.15) is 0 Å². The predicted octanol–water partition coefficient (Wildman–Crippen LogP) is 2.35. The lowest BCUT2D eigenvalue weighted by atomic mass is 10.1. The van der Waals surface area contributed by atoms with Crippen molar-refractivity contribution >= 4 is 23.4 Å². The third-order valence-corrected chi connectivity index (χ3v) is 3.99. The number of carbonyl (C=O) groups is 1. The summed E-state index contributed by atoms with van der Waals surface area (Å²) in [4.78, 5) is 19.7. The van der Waals surface area contributed by atoms with Crippen LogP contribution in [0.25, 0.3) is 0 Å². The van der Waals surface area contributed by atoms with E-state index in [1.54, 1.807) is 0 Å². The lowest BCUT2D eigenvalue weighted by Gasteiger charge is -2.31. The van der Waals surface area contributed by atoms with E-state index in [0.717, 1.165) is 32.5 Å². The van der Waals surface area contributed by atoms with E-state index in [1.807, 2.05) is 0 Å². The van der Waals surface area contributed by atoms with Crippen LogP contribution in [0, 0.1) is 0 Å². The molecule has 0 spiro atoms. The van der Waals surface area contributed by atoms with Crippen LogP contribution in [0.4, 0.5) is 5.82 Å². The maximum absolute atomic E-state index is 10.9. The summed E-state index contributed by atoms with van der Waals surface area (Å²) in [6.07, 6.45) is 3.43. The number of carboxylic acids is 1. The van der Waals surface area contributed by atoms with Crippen LogP contribution >= 0.6 is 11.6 Å². The Morgan fingerprint density at radius 1 is 1.55 bits per heavy atom. The zero-order chi connectivity index (χ0) is 14.7. The van der Waals surface area contributed by atoms with Gasteiger partial charge in [0.15, 0.2) is 0 Å². The van der Waals surface area contributed by atoms with Crippen LogP contribution in [-0.2, 0) is 0 Å². The van der Waals surface area contributed by atoms with Crippen LogP contribution in [0.3, 0.4) is 0 Å². The fraction of sp³-hybridized carbons (Fsp3) is 0.571. The Hall–Kier alpha value is -1.33. The number of likely N-dealkylation sites (N-methyl/N-ethyl adjacent to an activating group) is 1. The summed E-state index contributed by atoms with van der Waals surface area (Å²) in [5.74, 6) is -0.313. The standard InChI is InChI=1S/C14H20ClN3O2/c1-3-11-9-17(2)5-4-6-18(11)13-12(15)7-10(8-16-13)14(19)20/h7-8,11H,3-6,9H2,1-2H3,(H,19,20). The monoisotopic (exact) mass is 297 g/mol. The van der Waals surface area contributed by atoms with E-state index in [2.05, 4.69) is 28.8 Å². The van der Waals surface area contributed by atoms with E-state index >= 15 is 0 Å². The number of aromatic nitrogens is 1. The number of rotatable bonds is 3. The van der Waals surface area contributed by atoms with Crippen LogP contribution in [0.2, 0.25) is 5.02 Å². The lowest BCUT2D eigenvalue weighted by Crippen LogP contribution is -2.40. The van der Waals surface area contributed by atoms with Gasteiger partial charge in [0.25, 0.3) is 0 Å². The Morgan fingerprint density at radius 3 is 2.90 bits per heavy atom. The van der Waals surface area contributed by atoms with E-state index in [-0.39, 0.29) is 5.56 Å². The number of carboxylic acid groups (broad SMARTS) is 1. The third kappa shape index (κ3) is 3.22. The van der Waals surface area contributed by atoms with Crippen LogP contribution < -0.4 is 4.90 Å². The molecule has 0 aliphatic carbocycles. The molecule has 5 nitrogen and oxygen atoms in total. The molecule has 20 heavy (non-hydrogen) atoms. The van der Waals surface area contributed by atoms with Gasteiger partial charge in [-0.15, -0.1) is 0 Å². The zero-order valence-electron chi connectivity index (χ0n) is 11.8. The summed E-state index contributed by atoms with van der Waals surface area (Å²) in [5.41, 5.74) is 0.124. The summed E-state index contributed by atoms with van der Waals surface area (Å²) in [6.45, 7) is 5.06. The molecule has 1 atom stereocenters. The van der Waals surface area contributed by atoms with Gasteiger partial charge in [0.1, 0.15) is 5.82 Å². The van der Waals surface area contributed by atoms with Gasteiger partial charge in [0, 0.05) is 25.3 Å². The Morgan fingerprint density at radius 2 is 2.30 bits per heavy atom. The molecule has 1 aliphatic rings. The van der Waals surface area contributed by atoms with Crippen molar-refractivity contribution in [1.29, 1.82) is 0 Å². The number of hydrogen-bond acceptors (Lipinski definition) is 4. The van der Waals surface area contributed by atoms with Crippen LogP contribution in [-0.4, -0.2) is 53.7 Å². The Labute approximate surface area is 124 Å². The molecule has 0 amide bonds. The second-order valence-electron chi connectivity index (χ2n) is 5.21. The first kappa shape index (κ1) is 15.1. The molecule has 1 unspecified atom stereocenters. The van der Waals surface area contributed by atoms with Gasteiger partial charge in [0.05, 0.1) is 10.6 Å². The van der Waals surface area contributed by atoms with Crippen molar-refractivity contribution in [3.63, 3.8) is 0 Å². The van der Waals surface area contributed by atoms with Gasteiger partial charge >= 0.3 is 5.97 Å². The smallest absolute Gasteiger partial charge is 0.337 e. The second kappa shape index (κ2) is 6.41. The topological polar surface area (TPSA) is 56.7 Å². The highest BCUT2D eigenvalue weighted by Gasteiger charge is 2.25. The van der Waals surface area contributed by atoms with E-state index in [0.29, 0.717) is 16.9 Å². The number of hydrogen-bond donors (Lipinski definition) is 1. The van der Waals surface area contributed by atoms with Crippen molar-refractivity contribution in [2.75, 3.05) is 31.6 Å². The highest BCUT2D eigenvalue weighted by molar-refractivity contribution is 6.33. The van der Waals surface area contributed by atoms with Gasteiger partial charge in [-0.25, -0.2) is 9.78 Å². The number of halogens is 1. The maximum Gasteiger partial charge on any atom is 0.337 e. The molecule has 1 fully saturated rings. The SMILES string of the molecule is CCC1CN(C)CCCN1c1ncc(C(=O)O)cc1Cl. The molecule has 110 valence electrons. The molecule has 1 aromatic rings. The van der Waals surface area contributed by atoms with Gasteiger partial charge in [-0.05, 0) is 32.5 Å². The largest absolute Gasteiger partial charge is 0.478 e. The van der Waals surface area contributed by atoms with Crippen LogP contribution in [0.5, 0.6) is 0 Å². The van der Waals surface area contributed by atoms with E-state index in [9.17, 15) is 4.79 Å². The molecule has 6 heteroatoms. The molecule has 2 heterocycles. The lowest BCUT2D eigenvalue weighted by molar-refractivity contribution is 0.0696. The number of aromatic carboxylic acids is 1. The minimum atomic E-state index is -1.01. The molecule has 1 aromatic heterocycles. The Bertz CT molecular complexity index is 495. The molecule has 1 saturated heterocycles. The third-order valence-electron chi connectivity index (χ3n) is 3.71. The molecule has 1 N–H and O–H groups in total. The minimum absolute atomic E-state index is 0.124. The molecule has 0 saturated carbocycles. The fourth-order valence-corrected chi connectivity index (χ4v) is 2.91. The molecule has 0 radical (unpaired) electrons. The Balaban J connectivity index is 2.30. The highest BCUT2D eigenvalue weighted by atomic mass is 35.5. The van der Waals surface area contributed by atoms with Gasteiger partial charge in [-0.1, -0.05) is 18.5 Å². The quantitative estimate of drug-likeness (QED) is 0.928. The summed E-state index contributed by atoms with van der Waals surface area (Å²) < 4.78 is 0. The average Bonchev–Trinajstić information content (AvgIpc) is 2.60. The molecular weight excluding hydrogens is 278 g/mol. The van der Waals surface area contributed by atoms with E-state index in [4.69, 9.17) is 16.7 Å². The van der Waals surface area contributed by atoms with Crippen LogP contribution in [0.15, 0.2) is 12.3 Å². The molecule has 1 aliphatic heterocycles. The summed E-state index contributed by atoms with van der Waals surface area (Å²) in [6, 6.07) is 1.83. The van der Waals surface area contributed by atoms with Crippen molar-refractivity contribution in [2.45, 2.75) is 25.8 Å². The summed E-state index contributed by atoms with van der Waals surface area (Å²) >= 11 is 6.24. The second-order valence-corrected chi connectivity index (χ2v) is 5.61. The first-order valence-electron chi connectivity index (χ1n) is 6.87. The summed E-state index contributed by atoms with van der Waals surface area (Å²) in [7, 11) is 2.12. The predicted molar refractivity (Wildman–Crippen MR) is 79.7 cm³/mol. The Kier molecular flexibility index (Phi) is 4.83. The van der Waals surface area contributed by atoms with Gasteiger partial charge < -0.3 is 14.9 Å². The normalized spacial score (nSPS) is 20.8.